The zero-order valence-electron chi connectivity index (χ0n) is 15.5. The molecule has 0 saturated heterocycles. The van der Waals surface area contributed by atoms with Crippen molar-refractivity contribution in [3.8, 4) is 5.75 Å². The fraction of sp³-hybridized carbons (Fsp3) is 0.227. The van der Waals surface area contributed by atoms with E-state index in [4.69, 9.17) is 16.3 Å². The number of nitrogens with one attached hydrogen (secondary N) is 1. The molecular weight excluding hydrogens is 360 g/mol. The number of hydrogen-bond donors (Lipinski definition) is 1. The van der Waals surface area contributed by atoms with E-state index in [9.17, 15) is 4.79 Å². The third-order valence-corrected chi connectivity index (χ3v) is 4.84. The summed E-state index contributed by atoms with van der Waals surface area (Å²) in [4.78, 5) is 14.5. The molecule has 1 N–H and O–H groups in total. The van der Waals surface area contributed by atoms with Gasteiger partial charge in [0, 0.05) is 17.3 Å². The summed E-state index contributed by atoms with van der Waals surface area (Å²) < 4.78 is 5.70. The first kappa shape index (κ1) is 19.2. The maximum absolute atomic E-state index is 12.6. The highest BCUT2D eigenvalue weighted by molar-refractivity contribution is 6.30. The Balaban J connectivity index is 1.51. The van der Waals surface area contributed by atoms with Crippen LogP contribution in [0.25, 0.3) is 10.8 Å². The molecule has 27 heavy (non-hydrogen) atoms. The molecule has 4 nitrogen and oxygen atoms in total. The molecule has 0 bridgehead atoms. The lowest BCUT2D eigenvalue weighted by molar-refractivity contribution is -0.120. The molecule has 0 radical (unpaired) electrons. The minimum Gasteiger partial charge on any atom is -0.492 e. The van der Waals surface area contributed by atoms with Crippen LogP contribution in [0.5, 0.6) is 5.75 Å². The topological polar surface area (TPSA) is 41.6 Å². The zero-order chi connectivity index (χ0) is 19.2. The van der Waals surface area contributed by atoms with E-state index in [0.717, 1.165) is 22.2 Å². The summed E-state index contributed by atoms with van der Waals surface area (Å²) in [5.74, 6) is 0.723. The Hall–Kier alpha value is -2.56. The van der Waals surface area contributed by atoms with E-state index >= 15 is 0 Å². The molecule has 3 rings (SSSR count). The Morgan fingerprint density at radius 2 is 1.78 bits per heavy atom. The Morgan fingerprint density at radius 3 is 2.52 bits per heavy atom. The summed E-state index contributed by atoms with van der Waals surface area (Å²) in [6.07, 6.45) is 0. The number of rotatable bonds is 7. The van der Waals surface area contributed by atoms with E-state index in [0.29, 0.717) is 18.2 Å². The molecule has 5 heteroatoms. The maximum atomic E-state index is 12.6. The minimum atomic E-state index is -0.273. The van der Waals surface area contributed by atoms with E-state index in [-0.39, 0.29) is 11.9 Å². The molecule has 0 saturated carbocycles. The Labute approximate surface area is 164 Å². The predicted molar refractivity (Wildman–Crippen MR) is 112 cm³/mol. The van der Waals surface area contributed by atoms with Gasteiger partial charge in [-0.15, -0.1) is 0 Å². The van der Waals surface area contributed by atoms with Crippen LogP contribution in [0, 0.1) is 0 Å². The number of amides is 1. The first-order valence-electron chi connectivity index (χ1n) is 8.91. The maximum Gasteiger partial charge on any atom is 0.241 e. The van der Waals surface area contributed by atoms with Crippen LogP contribution in [-0.4, -0.2) is 37.0 Å². The molecule has 0 aromatic heterocycles. The van der Waals surface area contributed by atoms with Crippen LogP contribution in [0.4, 0.5) is 5.69 Å². The van der Waals surface area contributed by atoms with Crippen molar-refractivity contribution in [3.05, 3.63) is 71.8 Å². The lowest BCUT2D eigenvalue weighted by Gasteiger charge is -2.24. The van der Waals surface area contributed by atoms with Gasteiger partial charge in [0.05, 0.1) is 6.04 Å². The van der Waals surface area contributed by atoms with Gasteiger partial charge in [-0.25, -0.2) is 0 Å². The van der Waals surface area contributed by atoms with Crippen LogP contribution in [0.1, 0.15) is 6.92 Å². The number of carbonyl (C=O) groups excluding carboxylic acids is 1. The number of carbonyl (C=O) groups is 1. The van der Waals surface area contributed by atoms with Gasteiger partial charge in [-0.3, -0.25) is 9.69 Å². The molecule has 0 heterocycles. The van der Waals surface area contributed by atoms with Crippen molar-refractivity contribution >= 4 is 34.0 Å². The summed E-state index contributed by atoms with van der Waals surface area (Å²) >= 11 is 5.86. The Morgan fingerprint density at radius 1 is 1.07 bits per heavy atom. The van der Waals surface area contributed by atoms with Crippen LogP contribution in [-0.2, 0) is 4.79 Å². The number of likely N-dealkylation sites (N-methyl/N-ethyl adjacent to an activating group) is 1. The van der Waals surface area contributed by atoms with Crippen molar-refractivity contribution in [3.63, 3.8) is 0 Å². The highest BCUT2D eigenvalue weighted by Crippen LogP contribution is 2.19. The van der Waals surface area contributed by atoms with E-state index < -0.39 is 0 Å². The van der Waals surface area contributed by atoms with Gasteiger partial charge in [0.1, 0.15) is 12.4 Å². The summed E-state index contributed by atoms with van der Waals surface area (Å²) in [7, 11) is 1.91. The van der Waals surface area contributed by atoms with Gasteiger partial charge in [-0.1, -0.05) is 41.9 Å². The first-order chi connectivity index (χ1) is 13.0. The Bertz CT molecular complexity index is 912. The van der Waals surface area contributed by atoms with Crippen molar-refractivity contribution in [2.24, 2.45) is 0 Å². The monoisotopic (exact) mass is 382 g/mol. The van der Waals surface area contributed by atoms with E-state index in [1.807, 2.05) is 67.4 Å². The van der Waals surface area contributed by atoms with Crippen LogP contribution < -0.4 is 10.1 Å². The molecular formula is C22H23ClN2O2. The fourth-order valence-corrected chi connectivity index (χ4v) is 2.87. The second-order valence-electron chi connectivity index (χ2n) is 6.51. The molecule has 1 unspecified atom stereocenters. The quantitative estimate of drug-likeness (QED) is 0.636. The molecule has 1 atom stereocenters. The number of fused-ring (bicyclic) bond motifs is 1. The largest absolute Gasteiger partial charge is 0.492 e. The normalized spacial score (nSPS) is 12.1. The first-order valence-corrected chi connectivity index (χ1v) is 9.29. The van der Waals surface area contributed by atoms with Crippen LogP contribution in [0.15, 0.2) is 66.7 Å². The van der Waals surface area contributed by atoms with Gasteiger partial charge in [0.2, 0.25) is 5.91 Å². The van der Waals surface area contributed by atoms with Crippen LogP contribution in [0.2, 0.25) is 5.02 Å². The molecule has 140 valence electrons. The second-order valence-corrected chi connectivity index (χ2v) is 6.95. The SMILES string of the molecule is CC(C(=O)Nc1ccc2ccccc2c1)N(C)CCOc1ccc(Cl)cc1. The number of halogens is 1. The van der Waals surface area contributed by atoms with Gasteiger partial charge < -0.3 is 10.1 Å². The third-order valence-electron chi connectivity index (χ3n) is 4.58. The molecule has 0 fully saturated rings. The average Bonchev–Trinajstić information content (AvgIpc) is 2.68. The number of hydrogen-bond acceptors (Lipinski definition) is 3. The molecule has 0 aliphatic heterocycles. The van der Waals surface area contributed by atoms with Crippen molar-refractivity contribution in [1.82, 2.24) is 4.90 Å². The highest BCUT2D eigenvalue weighted by Gasteiger charge is 2.18. The lowest BCUT2D eigenvalue weighted by atomic mass is 10.1. The van der Waals surface area contributed by atoms with Crippen LogP contribution >= 0.6 is 11.6 Å². The smallest absolute Gasteiger partial charge is 0.241 e. The molecule has 3 aromatic rings. The standard InChI is InChI=1S/C22H23ClN2O2/c1-16(25(2)13-14-27-21-11-8-19(23)9-12-21)22(26)24-20-10-7-17-5-3-4-6-18(17)15-20/h3-12,15-16H,13-14H2,1-2H3,(H,24,26). The van der Waals surface area contributed by atoms with Gasteiger partial charge >= 0.3 is 0 Å². The summed E-state index contributed by atoms with van der Waals surface area (Å²) in [5.41, 5.74) is 0.802. The summed E-state index contributed by atoms with van der Waals surface area (Å²) in [6.45, 7) is 3.01. The molecule has 1 amide bonds. The average molecular weight is 383 g/mol. The fourth-order valence-electron chi connectivity index (χ4n) is 2.75. The van der Waals surface area contributed by atoms with Crippen LogP contribution in [0.3, 0.4) is 0 Å². The van der Waals surface area contributed by atoms with Gasteiger partial charge in [-0.05, 0) is 61.1 Å². The molecule has 0 aliphatic rings. The molecule has 0 aliphatic carbocycles. The molecule has 3 aromatic carbocycles. The van der Waals surface area contributed by atoms with Crippen molar-refractivity contribution in [2.45, 2.75) is 13.0 Å². The predicted octanol–water partition coefficient (Wildman–Crippen LogP) is 4.83. The zero-order valence-corrected chi connectivity index (χ0v) is 16.2. The molecule has 0 spiro atoms. The van der Waals surface area contributed by atoms with E-state index in [1.165, 1.54) is 0 Å². The number of ether oxygens (including phenoxy) is 1. The number of benzene rings is 3. The summed E-state index contributed by atoms with van der Waals surface area (Å²) in [6, 6.07) is 21.0. The van der Waals surface area contributed by atoms with Crippen molar-refractivity contribution in [2.75, 3.05) is 25.5 Å². The van der Waals surface area contributed by atoms with Gasteiger partial charge in [0.25, 0.3) is 0 Å². The van der Waals surface area contributed by atoms with Gasteiger partial charge in [0.15, 0.2) is 0 Å². The lowest BCUT2D eigenvalue weighted by Crippen LogP contribution is -2.41. The van der Waals surface area contributed by atoms with E-state index in [1.54, 1.807) is 12.1 Å². The minimum absolute atomic E-state index is 0.0423. The summed E-state index contributed by atoms with van der Waals surface area (Å²) in [5, 5.41) is 5.93. The number of anilines is 1. The van der Waals surface area contributed by atoms with Crippen molar-refractivity contribution in [1.29, 1.82) is 0 Å². The third kappa shape index (κ3) is 5.22. The van der Waals surface area contributed by atoms with E-state index in [2.05, 4.69) is 11.4 Å². The Kier molecular flexibility index (Phi) is 6.32. The second kappa shape index (κ2) is 8.89. The van der Waals surface area contributed by atoms with Crippen molar-refractivity contribution < 1.29 is 9.53 Å². The van der Waals surface area contributed by atoms with Gasteiger partial charge in [-0.2, -0.15) is 0 Å². The highest BCUT2D eigenvalue weighted by atomic mass is 35.5. The number of nitrogens with zero attached hydrogens (tertiary/aromatic N) is 1.